The first kappa shape index (κ1) is 13.5. The highest BCUT2D eigenvalue weighted by atomic mass is 35.5. The minimum Gasteiger partial charge on any atom is -0.208 e. The van der Waals surface area contributed by atoms with E-state index in [9.17, 15) is 14.0 Å². The van der Waals surface area contributed by atoms with Crippen LogP contribution in [-0.2, 0) is 5.41 Å². The molecule has 0 aromatic heterocycles. The number of rotatable bonds is 3. The molecule has 1 atom stereocenters. The van der Waals surface area contributed by atoms with Crippen molar-refractivity contribution in [2.45, 2.75) is 11.8 Å². The molecule has 2 aromatic carbocycles. The Labute approximate surface area is 115 Å². The summed E-state index contributed by atoms with van der Waals surface area (Å²) in [4.78, 5) is 0. The van der Waals surface area contributed by atoms with Crippen LogP contribution in [0.2, 0.25) is 5.02 Å². The van der Waals surface area contributed by atoms with Gasteiger partial charge >= 0.3 is 0 Å². The zero-order valence-corrected chi connectivity index (χ0v) is 10.6. The molecule has 96 valence electrons. The fraction of sp³-hybridized carbons (Fsp3) is 0.133. The predicted molar refractivity (Wildman–Crippen MR) is 70.3 cm³/mol. The number of hydrogen-bond donors (Lipinski definition) is 0. The van der Waals surface area contributed by atoms with Gasteiger partial charge in [0.1, 0.15) is 0 Å². The first-order valence-electron chi connectivity index (χ1n) is 5.62. The molecule has 2 aromatic rings. The summed E-state index contributed by atoms with van der Waals surface area (Å²) in [5.74, 6) is 0. The first-order chi connectivity index (χ1) is 9.11. The topological polar surface area (TPSA) is 23.8 Å². The van der Waals surface area contributed by atoms with Crippen LogP contribution in [0.1, 0.15) is 11.1 Å². The average molecular weight is 278 g/mol. The Morgan fingerprint density at radius 2 is 1.47 bits per heavy atom. The monoisotopic (exact) mass is 277 g/mol. The van der Waals surface area contributed by atoms with E-state index in [1.165, 1.54) is 36.4 Å². The van der Waals surface area contributed by atoms with Crippen molar-refractivity contribution in [3.63, 3.8) is 0 Å². The van der Waals surface area contributed by atoms with E-state index in [0.29, 0.717) is 5.02 Å². The molecule has 0 fully saturated rings. The van der Waals surface area contributed by atoms with E-state index in [1.807, 2.05) is 0 Å². The summed E-state index contributed by atoms with van der Waals surface area (Å²) < 4.78 is 27.1. The summed E-state index contributed by atoms with van der Waals surface area (Å²) in [7, 11) is 0. The second-order valence-electron chi connectivity index (χ2n) is 4.09. The van der Waals surface area contributed by atoms with Crippen LogP contribution in [-0.4, -0.2) is 6.43 Å². The first-order valence-corrected chi connectivity index (χ1v) is 6.00. The number of hydrogen-bond acceptors (Lipinski definition) is 1. The molecule has 4 heteroatoms. The third-order valence-electron chi connectivity index (χ3n) is 3.03. The van der Waals surface area contributed by atoms with Gasteiger partial charge in [-0.1, -0.05) is 54.1 Å². The molecule has 0 radical (unpaired) electrons. The van der Waals surface area contributed by atoms with Crippen molar-refractivity contribution in [1.82, 2.24) is 0 Å². The minimum atomic E-state index is -2.83. The third-order valence-corrected chi connectivity index (χ3v) is 3.28. The highest BCUT2D eigenvalue weighted by Gasteiger charge is 2.44. The normalized spacial score (nSPS) is 13.8. The van der Waals surface area contributed by atoms with Gasteiger partial charge in [0, 0.05) is 5.02 Å². The van der Waals surface area contributed by atoms with E-state index in [4.69, 9.17) is 11.6 Å². The zero-order chi connectivity index (χ0) is 13.9. The number of halogens is 3. The molecule has 1 nitrogen and oxygen atoms in total. The highest BCUT2D eigenvalue weighted by molar-refractivity contribution is 6.30. The molecule has 0 saturated heterocycles. The van der Waals surface area contributed by atoms with Crippen LogP contribution in [0.25, 0.3) is 0 Å². The minimum absolute atomic E-state index is 0.237. The maximum absolute atomic E-state index is 13.6. The molecule has 19 heavy (non-hydrogen) atoms. The van der Waals surface area contributed by atoms with Gasteiger partial charge in [0.25, 0.3) is 6.43 Å². The van der Waals surface area contributed by atoms with Gasteiger partial charge in [0.2, 0.25) is 0 Å². The van der Waals surface area contributed by atoms with Crippen LogP contribution >= 0.6 is 11.6 Å². The molecule has 0 aliphatic carbocycles. The van der Waals surface area contributed by atoms with E-state index in [-0.39, 0.29) is 11.1 Å². The Bertz CT molecular complexity index is 590. The van der Waals surface area contributed by atoms with Gasteiger partial charge in [0.05, 0.1) is 6.07 Å². The summed E-state index contributed by atoms with van der Waals surface area (Å²) in [5.41, 5.74) is -1.46. The molecule has 0 bridgehead atoms. The molecule has 0 aliphatic rings. The SMILES string of the molecule is N#CC(c1ccccc1)(c1ccc(Cl)cc1)C(F)F. The largest absolute Gasteiger partial charge is 0.265 e. The van der Waals surface area contributed by atoms with Crippen LogP contribution in [0.3, 0.4) is 0 Å². The molecular formula is C15H10ClF2N. The fourth-order valence-corrected chi connectivity index (χ4v) is 2.14. The van der Waals surface area contributed by atoms with Gasteiger partial charge in [0.15, 0.2) is 5.41 Å². The van der Waals surface area contributed by atoms with Crippen molar-refractivity contribution >= 4 is 11.6 Å². The maximum Gasteiger partial charge on any atom is 0.265 e. The summed E-state index contributed by atoms with van der Waals surface area (Å²) in [6.45, 7) is 0. The molecule has 1 unspecified atom stereocenters. The van der Waals surface area contributed by atoms with Crippen molar-refractivity contribution in [3.05, 3.63) is 70.7 Å². The number of benzene rings is 2. The average Bonchev–Trinajstić information content (AvgIpc) is 2.43. The van der Waals surface area contributed by atoms with Crippen LogP contribution in [0.5, 0.6) is 0 Å². The molecule has 0 aliphatic heterocycles. The van der Waals surface area contributed by atoms with Crippen LogP contribution in [0.15, 0.2) is 54.6 Å². The van der Waals surface area contributed by atoms with Gasteiger partial charge in [-0.15, -0.1) is 0 Å². The smallest absolute Gasteiger partial charge is 0.208 e. The predicted octanol–water partition coefficient (Wildman–Crippen LogP) is 4.41. The Hall–Kier alpha value is -1.92. The standard InChI is InChI=1S/C15H10ClF2N/c16-13-8-6-12(7-9-13)15(10-19,14(17)18)11-4-2-1-3-5-11/h1-9,14H. The van der Waals surface area contributed by atoms with E-state index in [0.717, 1.165) is 0 Å². The molecule has 2 rings (SSSR count). The zero-order valence-electron chi connectivity index (χ0n) is 9.85. The van der Waals surface area contributed by atoms with E-state index in [2.05, 4.69) is 0 Å². The Morgan fingerprint density at radius 3 is 1.95 bits per heavy atom. The Balaban J connectivity index is 2.66. The third kappa shape index (κ3) is 2.32. The van der Waals surface area contributed by atoms with Gasteiger partial charge in [-0.05, 0) is 23.3 Å². The molecule has 0 N–H and O–H groups in total. The lowest BCUT2D eigenvalue weighted by molar-refractivity contribution is 0.0984. The lowest BCUT2D eigenvalue weighted by atomic mass is 9.76. The molecular weight excluding hydrogens is 268 g/mol. The van der Waals surface area contributed by atoms with Crippen LogP contribution in [0, 0.1) is 11.3 Å². The van der Waals surface area contributed by atoms with E-state index < -0.39 is 11.8 Å². The number of nitrogens with zero attached hydrogens (tertiary/aromatic N) is 1. The van der Waals surface area contributed by atoms with Crippen LogP contribution < -0.4 is 0 Å². The maximum atomic E-state index is 13.6. The molecule has 0 amide bonds. The Morgan fingerprint density at radius 1 is 0.947 bits per heavy atom. The lowest BCUT2D eigenvalue weighted by Gasteiger charge is -2.26. The molecule has 0 spiro atoms. The molecule has 0 saturated carbocycles. The molecule has 0 heterocycles. The summed E-state index contributed by atoms with van der Waals surface area (Å²) in [5, 5.41) is 9.80. The summed E-state index contributed by atoms with van der Waals surface area (Å²) in [6.07, 6.45) is -2.83. The summed E-state index contributed by atoms with van der Waals surface area (Å²) >= 11 is 5.76. The number of alkyl halides is 2. The van der Waals surface area contributed by atoms with Crippen molar-refractivity contribution in [2.24, 2.45) is 0 Å². The van der Waals surface area contributed by atoms with Crippen molar-refractivity contribution in [1.29, 1.82) is 5.26 Å². The highest BCUT2D eigenvalue weighted by Crippen LogP contribution is 2.38. The number of nitriles is 1. The quantitative estimate of drug-likeness (QED) is 0.815. The van der Waals surface area contributed by atoms with Gasteiger partial charge < -0.3 is 0 Å². The van der Waals surface area contributed by atoms with Crippen molar-refractivity contribution < 1.29 is 8.78 Å². The van der Waals surface area contributed by atoms with E-state index >= 15 is 0 Å². The second-order valence-corrected chi connectivity index (χ2v) is 4.53. The van der Waals surface area contributed by atoms with Gasteiger partial charge in [-0.3, -0.25) is 0 Å². The lowest BCUT2D eigenvalue weighted by Crippen LogP contribution is -2.34. The van der Waals surface area contributed by atoms with Crippen molar-refractivity contribution in [3.8, 4) is 6.07 Å². The van der Waals surface area contributed by atoms with Gasteiger partial charge in [-0.25, -0.2) is 8.78 Å². The summed E-state index contributed by atoms with van der Waals surface area (Å²) in [6, 6.07) is 15.8. The Kier molecular flexibility index (Phi) is 3.82. The van der Waals surface area contributed by atoms with E-state index in [1.54, 1.807) is 24.3 Å². The second kappa shape index (κ2) is 5.38. The van der Waals surface area contributed by atoms with Gasteiger partial charge in [-0.2, -0.15) is 5.26 Å². The fourth-order valence-electron chi connectivity index (χ4n) is 2.01. The van der Waals surface area contributed by atoms with Crippen molar-refractivity contribution in [2.75, 3.05) is 0 Å². The van der Waals surface area contributed by atoms with Crippen LogP contribution in [0.4, 0.5) is 8.78 Å².